The first-order chi connectivity index (χ1) is 12.3. The fourth-order valence-electron chi connectivity index (χ4n) is 2.26. The molecule has 0 unspecified atom stereocenters. The number of benzene rings is 2. The Labute approximate surface area is 153 Å². The van der Waals surface area contributed by atoms with Crippen molar-refractivity contribution < 1.29 is 14.4 Å². The molecule has 2 N–H and O–H groups in total. The normalized spacial score (nSPS) is 10.5. The highest BCUT2D eigenvalue weighted by Gasteiger charge is 2.10. The molecule has 26 heavy (non-hydrogen) atoms. The molecule has 0 radical (unpaired) electrons. The molecule has 0 saturated heterocycles. The van der Waals surface area contributed by atoms with Crippen molar-refractivity contribution in [2.24, 2.45) is 5.92 Å². The topological polar surface area (TPSA) is 75.3 Å². The molecule has 5 nitrogen and oxygen atoms in total. The van der Waals surface area contributed by atoms with E-state index in [1.807, 2.05) is 32.9 Å². The van der Waals surface area contributed by atoms with Crippen molar-refractivity contribution >= 4 is 29.0 Å². The summed E-state index contributed by atoms with van der Waals surface area (Å²) >= 11 is 0. The molecule has 0 saturated carbocycles. The fraction of sp³-hybridized carbons (Fsp3) is 0.286. The number of hydrogen-bond acceptors (Lipinski definition) is 3. The second-order valence-corrected chi connectivity index (χ2v) is 6.56. The first-order valence-corrected chi connectivity index (χ1v) is 8.66. The minimum absolute atomic E-state index is 0.0492. The van der Waals surface area contributed by atoms with Crippen LogP contribution in [-0.4, -0.2) is 17.6 Å². The van der Waals surface area contributed by atoms with Gasteiger partial charge >= 0.3 is 0 Å². The SMILES string of the molecule is Cc1ccc(C(=O)CCC(=O)Nc2ccc(NC(=O)C(C)C)cc2)cc1. The van der Waals surface area contributed by atoms with Gasteiger partial charge in [-0.25, -0.2) is 0 Å². The standard InChI is InChI=1S/C21H24N2O3/c1-14(2)21(26)23-18-10-8-17(9-11-18)22-20(25)13-12-19(24)16-6-4-15(3)5-7-16/h4-11,14H,12-13H2,1-3H3,(H,22,25)(H,23,26). The van der Waals surface area contributed by atoms with Crippen LogP contribution in [0.4, 0.5) is 11.4 Å². The monoisotopic (exact) mass is 352 g/mol. The van der Waals surface area contributed by atoms with Crippen molar-refractivity contribution in [3.63, 3.8) is 0 Å². The second kappa shape index (κ2) is 8.94. The molecule has 2 rings (SSSR count). The van der Waals surface area contributed by atoms with Crippen molar-refractivity contribution in [3.8, 4) is 0 Å². The van der Waals surface area contributed by atoms with Gasteiger partial charge in [0.05, 0.1) is 0 Å². The third-order valence-electron chi connectivity index (χ3n) is 3.91. The average Bonchev–Trinajstić information content (AvgIpc) is 2.62. The van der Waals surface area contributed by atoms with E-state index >= 15 is 0 Å². The summed E-state index contributed by atoms with van der Waals surface area (Å²) < 4.78 is 0. The zero-order valence-corrected chi connectivity index (χ0v) is 15.3. The minimum atomic E-state index is -0.218. The lowest BCUT2D eigenvalue weighted by molar-refractivity contribution is -0.119. The summed E-state index contributed by atoms with van der Waals surface area (Å²) in [5.41, 5.74) is 3.01. The number of nitrogens with one attached hydrogen (secondary N) is 2. The predicted octanol–water partition coefficient (Wildman–Crippen LogP) is 4.19. The van der Waals surface area contributed by atoms with Crippen molar-refractivity contribution in [1.29, 1.82) is 0 Å². The first kappa shape index (κ1) is 19.4. The van der Waals surface area contributed by atoms with Crippen LogP contribution in [0.1, 0.15) is 42.6 Å². The quantitative estimate of drug-likeness (QED) is 0.734. The minimum Gasteiger partial charge on any atom is -0.326 e. The Morgan fingerprint density at radius 2 is 1.35 bits per heavy atom. The van der Waals surface area contributed by atoms with Crippen LogP contribution < -0.4 is 10.6 Å². The fourth-order valence-corrected chi connectivity index (χ4v) is 2.26. The Hall–Kier alpha value is -2.95. The molecule has 0 aliphatic heterocycles. The van der Waals surface area contributed by atoms with Crippen molar-refractivity contribution in [1.82, 2.24) is 0 Å². The zero-order valence-electron chi connectivity index (χ0n) is 15.3. The molecule has 0 aliphatic carbocycles. The van der Waals surface area contributed by atoms with Crippen LogP contribution in [-0.2, 0) is 9.59 Å². The van der Waals surface area contributed by atoms with Crippen LogP contribution in [0.3, 0.4) is 0 Å². The second-order valence-electron chi connectivity index (χ2n) is 6.56. The van der Waals surface area contributed by atoms with Gasteiger partial charge in [0.2, 0.25) is 11.8 Å². The largest absolute Gasteiger partial charge is 0.326 e. The van der Waals surface area contributed by atoms with Gasteiger partial charge in [-0.05, 0) is 31.2 Å². The van der Waals surface area contributed by atoms with Gasteiger partial charge < -0.3 is 10.6 Å². The van der Waals surface area contributed by atoms with Gasteiger partial charge in [0.15, 0.2) is 5.78 Å². The van der Waals surface area contributed by atoms with Crippen molar-refractivity contribution in [2.75, 3.05) is 10.6 Å². The maximum absolute atomic E-state index is 12.1. The van der Waals surface area contributed by atoms with E-state index in [0.29, 0.717) is 16.9 Å². The lowest BCUT2D eigenvalue weighted by Gasteiger charge is -2.09. The van der Waals surface area contributed by atoms with E-state index in [1.165, 1.54) is 0 Å². The number of carbonyl (C=O) groups is 3. The van der Waals surface area contributed by atoms with Gasteiger partial charge in [-0.3, -0.25) is 14.4 Å². The Kier molecular flexibility index (Phi) is 6.67. The molecule has 0 aliphatic rings. The Morgan fingerprint density at radius 3 is 1.88 bits per heavy atom. The van der Waals surface area contributed by atoms with Gasteiger partial charge in [-0.15, -0.1) is 0 Å². The van der Waals surface area contributed by atoms with Crippen LogP contribution in [0, 0.1) is 12.8 Å². The molecule has 0 heterocycles. The van der Waals surface area contributed by atoms with E-state index in [4.69, 9.17) is 0 Å². The number of ketones is 1. The summed E-state index contributed by atoms with van der Waals surface area (Å²) in [6, 6.07) is 14.2. The van der Waals surface area contributed by atoms with Crippen LogP contribution in [0.2, 0.25) is 0 Å². The third-order valence-corrected chi connectivity index (χ3v) is 3.91. The van der Waals surface area contributed by atoms with Gasteiger partial charge in [-0.2, -0.15) is 0 Å². The highest BCUT2D eigenvalue weighted by molar-refractivity contribution is 6.00. The van der Waals surface area contributed by atoms with Crippen molar-refractivity contribution in [2.45, 2.75) is 33.6 Å². The van der Waals surface area contributed by atoms with Crippen LogP contribution in [0.25, 0.3) is 0 Å². The van der Waals surface area contributed by atoms with E-state index in [1.54, 1.807) is 36.4 Å². The Bertz CT molecular complexity index is 778. The third kappa shape index (κ3) is 5.84. The molecule has 2 aromatic carbocycles. The summed E-state index contributed by atoms with van der Waals surface area (Å²) in [6.07, 6.45) is 0.288. The highest BCUT2D eigenvalue weighted by atomic mass is 16.2. The van der Waals surface area contributed by atoms with Crippen molar-refractivity contribution in [3.05, 3.63) is 59.7 Å². The molecular weight excluding hydrogens is 328 g/mol. The molecule has 5 heteroatoms. The molecule has 0 bridgehead atoms. The van der Waals surface area contributed by atoms with E-state index in [9.17, 15) is 14.4 Å². The van der Waals surface area contributed by atoms with Crippen LogP contribution in [0.5, 0.6) is 0 Å². The number of amides is 2. The maximum atomic E-state index is 12.1. The van der Waals surface area contributed by atoms with E-state index in [-0.39, 0.29) is 36.4 Å². The van der Waals surface area contributed by atoms with E-state index < -0.39 is 0 Å². The molecule has 0 fully saturated rings. The number of carbonyl (C=O) groups excluding carboxylic acids is 3. The predicted molar refractivity (Wildman–Crippen MR) is 103 cm³/mol. The molecule has 2 amide bonds. The average molecular weight is 352 g/mol. The highest BCUT2D eigenvalue weighted by Crippen LogP contribution is 2.15. The van der Waals surface area contributed by atoms with E-state index in [0.717, 1.165) is 5.56 Å². The molecule has 0 spiro atoms. The Balaban J connectivity index is 1.83. The number of aryl methyl sites for hydroxylation is 1. The molecule has 0 atom stereocenters. The van der Waals surface area contributed by atoms with Gasteiger partial charge in [-0.1, -0.05) is 43.7 Å². The summed E-state index contributed by atoms with van der Waals surface area (Å²) in [4.78, 5) is 35.8. The number of Topliss-reactive ketones (excluding diaryl/α,β-unsaturated/α-hetero) is 1. The maximum Gasteiger partial charge on any atom is 0.226 e. The first-order valence-electron chi connectivity index (χ1n) is 8.66. The summed E-state index contributed by atoms with van der Waals surface area (Å²) in [6.45, 7) is 5.60. The number of rotatable bonds is 7. The molecule has 0 aromatic heterocycles. The van der Waals surface area contributed by atoms with Gasteiger partial charge in [0.25, 0.3) is 0 Å². The van der Waals surface area contributed by atoms with E-state index in [2.05, 4.69) is 10.6 Å². The summed E-state index contributed by atoms with van der Waals surface area (Å²) in [7, 11) is 0. The van der Waals surface area contributed by atoms with Gasteiger partial charge in [0.1, 0.15) is 0 Å². The molecule has 2 aromatic rings. The molecular formula is C21H24N2O3. The number of hydrogen-bond donors (Lipinski definition) is 2. The van der Waals surface area contributed by atoms with Crippen LogP contribution >= 0.6 is 0 Å². The lowest BCUT2D eigenvalue weighted by Crippen LogP contribution is -2.17. The Morgan fingerprint density at radius 1 is 0.808 bits per heavy atom. The lowest BCUT2D eigenvalue weighted by atomic mass is 10.0. The van der Waals surface area contributed by atoms with Gasteiger partial charge in [0, 0.05) is 35.7 Å². The van der Waals surface area contributed by atoms with Crippen LogP contribution in [0.15, 0.2) is 48.5 Å². The molecule has 136 valence electrons. The zero-order chi connectivity index (χ0) is 19.1. The summed E-state index contributed by atoms with van der Waals surface area (Å²) in [5, 5.41) is 5.55. The smallest absolute Gasteiger partial charge is 0.226 e. The summed E-state index contributed by atoms with van der Waals surface area (Å²) in [5.74, 6) is -0.423. The number of anilines is 2.